The molecule has 0 spiro atoms. The molecule has 112 heavy (non-hydrogen) atoms. The maximum absolute atomic E-state index is 16.1. The number of primary amides is 1. The van der Waals surface area contributed by atoms with E-state index in [0.29, 0.717) is 6.42 Å². The van der Waals surface area contributed by atoms with Crippen molar-refractivity contribution in [2.24, 2.45) is 11.7 Å². The van der Waals surface area contributed by atoms with E-state index in [9.17, 15) is 79.8 Å². The summed E-state index contributed by atoms with van der Waals surface area (Å²) in [6.07, 6.45) is -19.2. The number of esters is 1. The highest BCUT2D eigenvalue weighted by atomic mass is 35.5. The number of nitrogens with one attached hydrogen (secondary N) is 8. The first kappa shape index (κ1) is 84.7. The molecule has 0 saturated carbocycles. The van der Waals surface area contributed by atoms with Crippen LogP contribution in [0.3, 0.4) is 0 Å². The number of unbranched alkanes of at least 4 members (excludes halogenated alkanes) is 1. The molecule has 38 heteroatoms. The van der Waals surface area contributed by atoms with Crippen molar-refractivity contribution in [2.75, 3.05) is 33.9 Å². The number of methoxy groups -OCH3 is 1. The molecule has 2 saturated heterocycles. The van der Waals surface area contributed by atoms with Crippen LogP contribution in [0.15, 0.2) is 78.9 Å². The predicted molar refractivity (Wildman–Crippen MR) is 390 cm³/mol. The fourth-order valence-electron chi connectivity index (χ4n) is 13.7. The third-order valence-electron chi connectivity index (χ3n) is 19.7. The second kappa shape index (κ2) is 35.9. The summed E-state index contributed by atoms with van der Waals surface area (Å²) in [5, 5.41) is 136. The molecule has 7 amide bonds. The summed E-state index contributed by atoms with van der Waals surface area (Å²) in [4.78, 5) is 130. The van der Waals surface area contributed by atoms with Crippen molar-refractivity contribution >= 4 is 76.5 Å². The second-order valence-electron chi connectivity index (χ2n) is 28.2. The number of phenolic OH excluding ortho intramolecular Hbond substituents is 3. The van der Waals surface area contributed by atoms with Crippen molar-refractivity contribution in [3.05, 3.63) is 117 Å². The van der Waals surface area contributed by atoms with E-state index in [4.69, 9.17) is 66.8 Å². The van der Waals surface area contributed by atoms with Crippen LogP contribution in [0.1, 0.15) is 125 Å². The van der Waals surface area contributed by atoms with E-state index < -0.39 is 254 Å². The van der Waals surface area contributed by atoms with Crippen LogP contribution < -0.4 is 62.5 Å². The zero-order chi connectivity index (χ0) is 81.6. The second-order valence-corrected chi connectivity index (χ2v) is 29.1. The molecule has 36 nitrogen and oxygen atoms in total. The van der Waals surface area contributed by atoms with Gasteiger partial charge in [-0.15, -0.1) is 0 Å². The summed E-state index contributed by atoms with van der Waals surface area (Å²) < 4.78 is 50.0. The van der Waals surface area contributed by atoms with Crippen LogP contribution in [0.25, 0.3) is 11.1 Å². The Hall–Kier alpha value is -9.77. The van der Waals surface area contributed by atoms with Crippen LogP contribution in [-0.2, 0) is 66.8 Å². The Morgan fingerprint density at radius 3 is 1.97 bits per heavy atom. The number of aliphatic hydroxyl groups is 6. The molecule has 7 aliphatic heterocycles. The van der Waals surface area contributed by atoms with E-state index in [1.165, 1.54) is 33.2 Å². The lowest BCUT2D eigenvalue weighted by atomic mass is 9.84. The number of rotatable bonds is 20. The number of aliphatic carboxylic acids is 1. The number of carbonyl (C=O) groups is 9. The van der Waals surface area contributed by atoms with Gasteiger partial charge in [-0.2, -0.15) is 0 Å². The van der Waals surface area contributed by atoms with Crippen LogP contribution in [0.2, 0.25) is 10.0 Å². The molecule has 0 aliphatic carbocycles. The Morgan fingerprint density at radius 1 is 0.741 bits per heavy atom. The molecule has 5 aromatic rings. The Kier molecular flexibility index (Phi) is 27.2. The molecule has 7 heterocycles. The summed E-state index contributed by atoms with van der Waals surface area (Å²) in [5.74, 6) is -16.8. The first-order valence-corrected chi connectivity index (χ1v) is 36.4. The Bertz CT molecular complexity index is 4390. The smallest absolute Gasteiger partial charge is 0.336 e. The molecule has 11 bridgehead atoms. The number of halogens is 2. The molecule has 12 rings (SSSR count). The lowest BCUT2D eigenvalue weighted by Crippen LogP contribution is -2.66. The minimum atomic E-state index is -2.31. The quantitative estimate of drug-likeness (QED) is 0.0383. The third-order valence-corrected chi connectivity index (χ3v) is 20.3. The van der Waals surface area contributed by atoms with Crippen molar-refractivity contribution < 1.29 is 132 Å². The fourth-order valence-corrected chi connectivity index (χ4v) is 14.1. The number of carbonyl (C=O) groups excluding carboxylic acids is 8. The molecule has 19 atom stereocenters. The van der Waals surface area contributed by atoms with E-state index in [2.05, 4.69) is 42.5 Å². The molecule has 0 aromatic heterocycles. The van der Waals surface area contributed by atoms with Gasteiger partial charge in [-0.3, -0.25) is 33.6 Å². The zero-order valence-corrected chi connectivity index (χ0v) is 62.9. The number of nitrogens with two attached hydrogens (primary N) is 1. The number of fused-ring (bicyclic) bond motifs is 16. The average molecular weight is 1610 g/mol. The molecule has 2 fully saturated rings. The van der Waals surface area contributed by atoms with E-state index >= 15 is 14.4 Å². The first-order chi connectivity index (χ1) is 53.1. The minimum absolute atomic E-state index is 0.0977. The number of hydrogen-bond acceptors (Lipinski definition) is 28. The summed E-state index contributed by atoms with van der Waals surface area (Å²) in [5.41, 5.74) is 1.61. The van der Waals surface area contributed by atoms with Gasteiger partial charge in [0.1, 0.15) is 89.5 Å². The van der Waals surface area contributed by atoms with Gasteiger partial charge in [0.2, 0.25) is 53.4 Å². The summed E-state index contributed by atoms with van der Waals surface area (Å²) in [7, 11) is 2.65. The molecule has 20 N–H and O–H groups in total. The van der Waals surface area contributed by atoms with Gasteiger partial charge < -0.3 is 137 Å². The van der Waals surface area contributed by atoms with Gasteiger partial charge in [0.25, 0.3) is 0 Å². The molecular weight excluding hydrogens is 1520 g/mol. The predicted octanol–water partition coefficient (Wildman–Crippen LogP) is 1.10. The zero-order valence-electron chi connectivity index (χ0n) is 61.4. The third kappa shape index (κ3) is 18.8. The lowest BCUT2D eigenvalue weighted by Gasteiger charge is -2.48. The number of benzene rings is 5. The SMILES string of the molecule is CCCCOC(CNC1(C)CC(OC2C(Oc3c4cc5cc3Oc3ccc(cc3Cl)[C@@H](O)[C@@H]3NC(=O)C(NC(=O)C5NC(=O)CC(C(N)=O)NC(=O)[C@@H](NC(=O)[C@@H](CC(C)C)NC)C(O)c5ccc(c(Cl)c5)O4)c4ccc(O)c(c4)-c4c(O)cc(O)cc4C(C(=O)O)NC3=O)OC(CO)C(O)C2O)OC(C)C1O)C(=O)OC. The Morgan fingerprint density at radius 2 is 1.38 bits per heavy atom. The summed E-state index contributed by atoms with van der Waals surface area (Å²) in [6, 6.07) is -0.605. The Labute approximate surface area is 649 Å². The number of aromatic hydroxyl groups is 3. The van der Waals surface area contributed by atoms with Crippen LogP contribution in [-0.4, -0.2) is 223 Å². The highest BCUT2D eigenvalue weighted by molar-refractivity contribution is 6.32. The minimum Gasteiger partial charge on any atom is -0.508 e. The van der Waals surface area contributed by atoms with Crippen molar-refractivity contribution in [3.8, 4) is 57.1 Å². The van der Waals surface area contributed by atoms with Gasteiger partial charge in [-0.1, -0.05) is 68.6 Å². The highest BCUT2D eigenvalue weighted by Gasteiger charge is 2.52. The van der Waals surface area contributed by atoms with Crippen molar-refractivity contribution in [3.63, 3.8) is 0 Å². The van der Waals surface area contributed by atoms with E-state index in [-0.39, 0.29) is 54.4 Å². The maximum Gasteiger partial charge on any atom is 0.336 e. The summed E-state index contributed by atoms with van der Waals surface area (Å²) >= 11 is 14.2. The maximum atomic E-state index is 16.1. The van der Waals surface area contributed by atoms with Gasteiger partial charge in [0.05, 0.1) is 48.4 Å². The number of aliphatic hydroxyl groups excluding tert-OH is 6. The van der Waals surface area contributed by atoms with Crippen molar-refractivity contribution in [1.29, 1.82) is 0 Å². The van der Waals surface area contributed by atoms with E-state index in [1.54, 1.807) is 6.92 Å². The van der Waals surface area contributed by atoms with Crippen molar-refractivity contribution in [1.82, 2.24) is 42.5 Å². The van der Waals surface area contributed by atoms with E-state index in [0.717, 1.165) is 73.2 Å². The molecule has 5 aromatic carbocycles. The molecule has 0 radical (unpaired) electrons. The monoisotopic (exact) mass is 1610 g/mol. The summed E-state index contributed by atoms with van der Waals surface area (Å²) in [6.45, 7) is 7.62. The van der Waals surface area contributed by atoms with Gasteiger partial charge >= 0.3 is 11.9 Å². The number of hydrogen-bond donors (Lipinski definition) is 19. The fraction of sp³-hybridized carbons (Fsp3) is 0.473. The molecule has 606 valence electrons. The lowest BCUT2D eigenvalue weighted by molar-refractivity contribution is -0.334. The van der Waals surface area contributed by atoms with Crippen LogP contribution >= 0.6 is 23.2 Å². The first-order valence-electron chi connectivity index (χ1n) is 35.7. The molecular formula is C74H89Cl2N9O27. The van der Waals surface area contributed by atoms with Gasteiger partial charge in [-0.25, -0.2) is 9.59 Å². The number of carboxylic acid groups (broad SMARTS) is 1. The van der Waals surface area contributed by atoms with Gasteiger partial charge in [0.15, 0.2) is 36.0 Å². The number of phenols is 3. The molecule has 15 unspecified atom stereocenters. The van der Waals surface area contributed by atoms with Crippen LogP contribution in [0, 0.1) is 5.92 Å². The number of carboxylic acids is 1. The number of likely N-dealkylation sites (N-methyl/N-ethyl adjacent to an activating group) is 1. The van der Waals surface area contributed by atoms with Crippen LogP contribution in [0.4, 0.5) is 0 Å². The highest BCUT2D eigenvalue weighted by Crippen LogP contribution is 2.50. The normalized spacial score (nSPS) is 28.1. The standard InChI is InChI=1S/C74H89Cl2N9O27/c1-8-9-16-106-48(72(104)105-7)27-79-74(5)26-51(107-30(4)64(74)95)111-63-61(94)60(93)49(28-86)110-73(63)112-62-46-21-34-22-47(62)109-45-15-12-33(20-39(45)76)59(92)57-70(101)83-55(71(102)103)37-23-35(87)24-43(89)52(37)36-18-31(10-13-42(36)88)53(67(98)85-57)82-68(99)54(34)81-50(90)25-40(65(77)96)80-69(100)56(84-66(97)41(78-6)17-29(2)3)58(91)32-11-14-44(108-46)38(75)19-32/h10-15,18-24,29-30,40-41,48-49,51,53-61,63-64,73,78-79,86-89,91-95H,8-9,16-17,25-28H2,1-7H3,(H2,77,96)(H,80,100)(H,81,90)(H,82,99)(H,83,101)(H,84,97)(H,85,98)(H,102,103)/t30?,40?,41-,48?,49?,51?,53?,54?,55?,56+,57+,58?,59-,60?,61?,63?,64?,73?,74?/m1/s1. The topological polar surface area (TPSA) is 552 Å². The van der Waals surface area contributed by atoms with Gasteiger partial charge in [0, 0.05) is 47.9 Å². The number of ether oxygens (including phenoxy) is 8. The number of amides is 7. The largest absolute Gasteiger partial charge is 0.508 e. The van der Waals surface area contributed by atoms with Crippen molar-refractivity contribution in [2.45, 2.75) is 182 Å². The average Bonchev–Trinajstić information content (AvgIpc) is 0.804. The van der Waals surface area contributed by atoms with Crippen LogP contribution in [0.5, 0.6) is 46.0 Å². The Balaban J connectivity index is 1.20. The van der Waals surface area contributed by atoms with Gasteiger partial charge in [-0.05, 0) is 117 Å². The van der Waals surface area contributed by atoms with E-state index in [1.807, 2.05) is 20.8 Å². The molecule has 7 aliphatic rings.